The van der Waals surface area contributed by atoms with E-state index in [-0.39, 0.29) is 16.7 Å². The Morgan fingerprint density at radius 3 is 0.905 bits per heavy atom. The van der Waals surface area contributed by atoms with Crippen molar-refractivity contribution >= 4 is 50.5 Å². The Morgan fingerprint density at radius 2 is 0.810 bits per heavy atom. The molecule has 3 nitrogen and oxygen atoms in total. The molecule has 21 heavy (non-hydrogen) atoms. The molecular weight excluding hydrogens is 335 g/mol. The van der Waals surface area contributed by atoms with Crippen LogP contribution in [-0.4, -0.2) is 15.7 Å². The molecule has 0 bridgehead atoms. The van der Waals surface area contributed by atoms with Crippen LogP contribution in [-0.2, 0) is 19.3 Å². The van der Waals surface area contributed by atoms with Crippen LogP contribution in [0.15, 0.2) is 0 Å². The van der Waals surface area contributed by atoms with Crippen molar-refractivity contribution in [2.75, 3.05) is 0 Å². The summed E-state index contributed by atoms with van der Waals surface area (Å²) in [6.07, 6.45) is 1.20. The summed E-state index contributed by atoms with van der Waals surface area (Å²) in [4.78, 5) is 35.4. The van der Waals surface area contributed by atoms with Gasteiger partial charge in [0.2, 0.25) is 0 Å². The van der Waals surface area contributed by atoms with Crippen molar-refractivity contribution in [3.63, 3.8) is 0 Å². The molecule has 0 heterocycles. The van der Waals surface area contributed by atoms with Crippen molar-refractivity contribution in [2.24, 2.45) is 0 Å². The van der Waals surface area contributed by atoms with E-state index in [2.05, 4.69) is 0 Å². The molecule has 1 aromatic carbocycles. The second-order valence-corrected chi connectivity index (χ2v) is 5.47. The number of halogens is 3. The van der Waals surface area contributed by atoms with Crippen LogP contribution in [0.4, 0.5) is 0 Å². The second kappa shape index (κ2) is 7.39. The molecule has 0 amide bonds. The average molecular weight is 350 g/mol. The lowest BCUT2D eigenvalue weighted by molar-refractivity contribution is 0.107. The lowest BCUT2D eigenvalue weighted by atomic mass is 9.84. The SMILES string of the molecule is CCc1c(C(=O)Cl)c(CC)c(C(=O)Cl)c(CC)c1C(=O)Cl. The minimum absolute atomic E-state index is 0.173. The van der Waals surface area contributed by atoms with E-state index in [9.17, 15) is 14.4 Å². The van der Waals surface area contributed by atoms with Crippen LogP contribution in [0.2, 0.25) is 0 Å². The number of hydrogen-bond acceptors (Lipinski definition) is 3. The summed E-state index contributed by atoms with van der Waals surface area (Å²) in [5.41, 5.74) is 1.95. The predicted octanol–water partition coefficient (Wildman–Crippen LogP) is 4.51. The van der Waals surface area contributed by atoms with Gasteiger partial charge in [0.1, 0.15) is 0 Å². The van der Waals surface area contributed by atoms with Gasteiger partial charge >= 0.3 is 0 Å². The minimum Gasteiger partial charge on any atom is -0.276 e. The Balaban J connectivity index is 4.11. The number of benzene rings is 1. The molecule has 0 aliphatic carbocycles. The molecule has 0 aliphatic heterocycles. The molecule has 0 radical (unpaired) electrons. The first kappa shape index (κ1) is 18.1. The molecule has 1 rings (SSSR count). The average Bonchev–Trinajstić information content (AvgIpc) is 2.42. The van der Waals surface area contributed by atoms with Crippen LogP contribution in [0.1, 0.15) is 68.5 Å². The van der Waals surface area contributed by atoms with Gasteiger partial charge in [-0.3, -0.25) is 14.4 Å². The molecule has 0 atom stereocenters. The van der Waals surface area contributed by atoms with Crippen LogP contribution >= 0.6 is 34.8 Å². The Labute approximate surface area is 138 Å². The quantitative estimate of drug-likeness (QED) is 0.710. The largest absolute Gasteiger partial charge is 0.276 e. The summed E-state index contributed by atoms with van der Waals surface area (Å²) in [7, 11) is 0. The van der Waals surface area contributed by atoms with E-state index in [1.165, 1.54) is 0 Å². The molecule has 0 aliphatic rings. The normalized spacial score (nSPS) is 10.6. The van der Waals surface area contributed by atoms with Crippen molar-refractivity contribution in [3.05, 3.63) is 33.4 Å². The zero-order chi connectivity index (χ0) is 16.3. The fourth-order valence-corrected chi connectivity index (χ4v) is 3.38. The fraction of sp³-hybridized carbons (Fsp3) is 0.400. The Morgan fingerprint density at radius 1 is 0.619 bits per heavy atom. The third-order valence-corrected chi connectivity index (χ3v) is 4.03. The fourth-order valence-electron chi connectivity index (χ4n) is 2.69. The van der Waals surface area contributed by atoms with Gasteiger partial charge in [-0.1, -0.05) is 20.8 Å². The van der Waals surface area contributed by atoms with E-state index >= 15 is 0 Å². The highest BCUT2D eigenvalue weighted by Crippen LogP contribution is 2.33. The standard InChI is InChI=1S/C15H15Cl3O3/c1-4-7-10(13(16)19)8(5-2)12(15(18)21)9(6-3)11(7)14(17)20/h4-6H2,1-3H3. The molecule has 0 spiro atoms. The number of carbonyl (C=O) groups excluding carboxylic acids is 3. The van der Waals surface area contributed by atoms with Gasteiger partial charge < -0.3 is 0 Å². The highest BCUT2D eigenvalue weighted by molar-refractivity contribution is 6.71. The predicted molar refractivity (Wildman–Crippen MR) is 85.1 cm³/mol. The Kier molecular flexibility index (Phi) is 6.39. The topological polar surface area (TPSA) is 51.2 Å². The van der Waals surface area contributed by atoms with Crippen LogP contribution in [0, 0.1) is 0 Å². The monoisotopic (exact) mass is 348 g/mol. The van der Waals surface area contributed by atoms with Crippen molar-refractivity contribution < 1.29 is 14.4 Å². The van der Waals surface area contributed by atoms with Gasteiger partial charge in [-0.2, -0.15) is 0 Å². The molecule has 0 saturated carbocycles. The maximum absolute atomic E-state index is 11.8. The van der Waals surface area contributed by atoms with Crippen LogP contribution in [0.25, 0.3) is 0 Å². The third kappa shape index (κ3) is 3.31. The van der Waals surface area contributed by atoms with E-state index in [1.807, 2.05) is 0 Å². The smallest absolute Gasteiger partial charge is 0.252 e. The Hall–Kier alpha value is -0.900. The van der Waals surface area contributed by atoms with E-state index in [1.54, 1.807) is 20.8 Å². The first-order valence-corrected chi connectivity index (χ1v) is 7.75. The highest BCUT2D eigenvalue weighted by atomic mass is 35.5. The van der Waals surface area contributed by atoms with E-state index in [0.29, 0.717) is 36.0 Å². The van der Waals surface area contributed by atoms with Gasteiger partial charge in [-0.15, -0.1) is 0 Å². The summed E-state index contributed by atoms with van der Waals surface area (Å²) in [6, 6.07) is 0. The van der Waals surface area contributed by atoms with Crippen LogP contribution < -0.4 is 0 Å². The first-order chi connectivity index (χ1) is 9.81. The van der Waals surface area contributed by atoms with Crippen molar-refractivity contribution in [1.29, 1.82) is 0 Å². The van der Waals surface area contributed by atoms with Crippen LogP contribution in [0.3, 0.4) is 0 Å². The van der Waals surface area contributed by atoms with Crippen molar-refractivity contribution in [2.45, 2.75) is 40.0 Å². The second-order valence-electron chi connectivity index (χ2n) is 4.44. The zero-order valence-corrected chi connectivity index (χ0v) is 14.2. The molecule has 1 aromatic rings. The molecule has 0 unspecified atom stereocenters. The summed E-state index contributed by atoms with van der Waals surface area (Å²) in [6.45, 7) is 5.38. The van der Waals surface area contributed by atoms with E-state index in [4.69, 9.17) is 34.8 Å². The minimum atomic E-state index is -0.718. The third-order valence-electron chi connectivity index (χ3n) is 3.46. The Bertz CT molecular complexity index is 514. The van der Waals surface area contributed by atoms with Gasteiger partial charge in [-0.25, -0.2) is 0 Å². The molecule has 0 aromatic heterocycles. The van der Waals surface area contributed by atoms with Gasteiger partial charge in [0, 0.05) is 16.7 Å². The van der Waals surface area contributed by atoms with Crippen molar-refractivity contribution in [1.82, 2.24) is 0 Å². The van der Waals surface area contributed by atoms with E-state index in [0.717, 1.165) is 0 Å². The lowest BCUT2D eigenvalue weighted by Crippen LogP contribution is -2.17. The van der Waals surface area contributed by atoms with Gasteiger partial charge in [0.25, 0.3) is 15.7 Å². The van der Waals surface area contributed by atoms with Gasteiger partial charge in [0.05, 0.1) is 0 Å². The number of rotatable bonds is 6. The molecule has 0 saturated heterocycles. The summed E-state index contributed by atoms with van der Waals surface area (Å²) >= 11 is 17.0. The summed E-state index contributed by atoms with van der Waals surface area (Å²) < 4.78 is 0. The van der Waals surface area contributed by atoms with E-state index < -0.39 is 15.7 Å². The number of hydrogen-bond donors (Lipinski definition) is 0. The molecule has 0 fully saturated rings. The molecular formula is C15H15Cl3O3. The maximum atomic E-state index is 11.8. The highest BCUT2D eigenvalue weighted by Gasteiger charge is 2.29. The first-order valence-electron chi connectivity index (χ1n) is 6.61. The molecule has 6 heteroatoms. The van der Waals surface area contributed by atoms with Gasteiger partial charge in [-0.05, 0) is 70.8 Å². The lowest BCUT2D eigenvalue weighted by Gasteiger charge is -2.20. The molecule has 114 valence electrons. The van der Waals surface area contributed by atoms with Crippen molar-refractivity contribution in [3.8, 4) is 0 Å². The maximum Gasteiger partial charge on any atom is 0.252 e. The summed E-state index contributed by atoms with van der Waals surface area (Å²) in [5, 5.41) is -2.15. The van der Waals surface area contributed by atoms with Gasteiger partial charge in [0.15, 0.2) is 0 Å². The zero-order valence-electron chi connectivity index (χ0n) is 12.0. The van der Waals surface area contributed by atoms with Crippen LogP contribution in [0.5, 0.6) is 0 Å². The molecule has 0 N–H and O–H groups in total. The summed E-state index contributed by atoms with van der Waals surface area (Å²) in [5.74, 6) is 0. The number of carbonyl (C=O) groups is 3.